The van der Waals surface area contributed by atoms with E-state index in [1.54, 1.807) is 12.3 Å². The summed E-state index contributed by atoms with van der Waals surface area (Å²) < 4.78 is 14.0. The molecular weight excluding hydrogens is 271 g/mol. The molecule has 4 heteroatoms. The van der Waals surface area contributed by atoms with Crippen LogP contribution in [0.1, 0.15) is 11.1 Å². The van der Waals surface area contributed by atoms with Crippen LogP contribution in [0, 0.1) is 5.82 Å². The van der Waals surface area contributed by atoms with Gasteiger partial charge in [-0.3, -0.25) is 0 Å². The van der Waals surface area contributed by atoms with Gasteiger partial charge in [0.05, 0.1) is 0 Å². The minimum Gasteiger partial charge on any atom is -0.383 e. The summed E-state index contributed by atoms with van der Waals surface area (Å²) >= 11 is 3.38. The highest BCUT2D eigenvalue weighted by atomic mass is 79.9. The van der Waals surface area contributed by atoms with E-state index in [0.29, 0.717) is 12.2 Å². The lowest BCUT2D eigenvalue weighted by atomic mass is 10.1. The molecule has 1 heterocycles. The van der Waals surface area contributed by atoms with Crippen LogP contribution in [0.5, 0.6) is 0 Å². The summed E-state index contributed by atoms with van der Waals surface area (Å²) in [7, 11) is 0. The van der Waals surface area contributed by atoms with Crippen molar-refractivity contribution in [2.24, 2.45) is 0 Å². The zero-order valence-corrected chi connectivity index (χ0v) is 10.0. The van der Waals surface area contributed by atoms with Crippen LogP contribution in [0.4, 0.5) is 10.2 Å². The second kappa shape index (κ2) is 4.61. The van der Waals surface area contributed by atoms with Crippen LogP contribution in [0.25, 0.3) is 0 Å². The third-order valence-corrected chi connectivity index (χ3v) is 3.09. The highest BCUT2D eigenvalue weighted by Crippen LogP contribution is 2.22. The Morgan fingerprint density at radius 1 is 1.25 bits per heavy atom. The van der Waals surface area contributed by atoms with E-state index in [0.717, 1.165) is 15.6 Å². The van der Waals surface area contributed by atoms with E-state index in [1.165, 1.54) is 12.1 Å². The Labute approximate surface area is 101 Å². The molecule has 1 aromatic heterocycles. The molecule has 0 bridgehead atoms. The standard InChI is InChI=1S/C12H10BrFN2/c13-11-4-3-10(14)7-9(11)6-8-2-1-5-16-12(8)15/h1-5,7H,6H2,(H2,15,16). The van der Waals surface area contributed by atoms with Gasteiger partial charge in [0.2, 0.25) is 0 Å². The second-order valence-corrected chi connectivity index (χ2v) is 4.31. The van der Waals surface area contributed by atoms with Crippen molar-refractivity contribution in [2.45, 2.75) is 6.42 Å². The molecule has 0 unspecified atom stereocenters. The maximum Gasteiger partial charge on any atom is 0.126 e. The van der Waals surface area contributed by atoms with Crippen LogP contribution in [0.15, 0.2) is 41.0 Å². The highest BCUT2D eigenvalue weighted by Gasteiger charge is 2.05. The van der Waals surface area contributed by atoms with Crippen molar-refractivity contribution >= 4 is 21.7 Å². The summed E-state index contributed by atoms with van der Waals surface area (Å²) in [5, 5.41) is 0. The zero-order chi connectivity index (χ0) is 11.5. The molecule has 2 aromatic rings. The summed E-state index contributed by atoms with van der Waals surface area (Å²) in [5.74, 6) is 0.235. The van der Waals surface area contributed by atoms with Gasteiger partial charge in [-0.25, -0.2) is 9.37 Å². The number of rotatable bonds is 2. The molecule has 0 aliphatic heterocycles. The molecule has 2 N–H and O–H groups in total. The minimum absolute atomic E-state index is 0.249. The number of halogens is 2. The summed E-state index contributed by atoms with van der Waals surface area (Å²) in [4.78, 5) is 4.00. The molecule has 0 amide bonds. The molecule has 2 rings (SSSR count). The molecule has 16 heavy (non-hydrogen) atoms. The lowest BCUT2D eigenvalue weighted by Gasteiger charge is -2.06. The van der Waals surface area contributed by atoms with Gasteiger partial charge >= 0.3 is 0 Å². The first-order valence-electron chi connectivity index (χ1n) is 4.80. The van der Waals surface area contributed by atoms with E-state index in [9.17, 15) is 4.39 Å². The molecule has 0 aliphatic carbocycles. The van der Waals surface area contributed by atoms with E-state index in [1.807, 2.05) is 12.1 Å². The predicted molar refractivity (Wildman–Crippen MR) is 65.6 cm³/mol. The van der Waals surface area contributed by atoms with Gasteiger partial charge < -0.3 is 5.73 Å². The van der Waals surface area contributed by atoms with Crippen LogP contribution in [-0.2, 0) is 6.42 Å². The predicted octanol–water partition coefficient (Wildman–Crippen LogP) is 3.16. The van der Waals surface area contributed by atoms with Crippen LogP contribution >= 0.6 is 15.9 Å². The fraction of sp³-hybridized carbons (Fsp3) is 0.0833. The van der Waals surface area contributed by atoms with Crippen molar-refractivity contribution in [1.29, 1.82) is 0 Å². The monoisotopic (exact) mass is 280 g/mol. The first-order valence-corrected chi connectivity index (χ1v) is 5.59. The molecule has 0 fully saturated rings. The van der Waals surface area contributed by atoms with E-state index < -0.39 is 0 Å². The summed E-state index contributed by atoms with van der Waals surface area (Å²) in [6, 6.07) is 8.31. The van der Waals surface area contributed by atoms with E-state index in [4.69, 9.17) is 5.73 Å². The van der Waals surface area contributed by atoms with Gasteiger partial charge in [-0.15, -0.1) is 0 Å². The zero-order valence-electron chi connectivity index (χ0n) is 8.45. The lowest BCUT2D eigenvalue weighted by molar-refractivity contribution is 0.625. The van der Waals surface area contributed by atoms with Crippen molar-refractivity contribution in [3.8, 4) is 0 Å². The summed E-state index contributed by atoms with van der Waals surface area (Å²) in [6.07, 6.45) is 2.21. The number of pyridine rings is 1. The molecule has 0 saturated heterocycles. The Balaban J connectivity index is 2.34. The molecule has 0 atom stereocenters. The van der Waals surface area contributed by atoms with Crippen molar-refractivity contribution in [3.05, 3.63) is 57.9 Å². The Bertz CT molecular complexity index is 514. The average Bonchev–Trinajstić information content (AvgIpc) is 2.27. The lowest BCUT2D eigenvalue weighted by Crippen LogP contribution is -1.98. The topological polar surface area (TPSA) is 38.9 Å². The van der Waals surface area contributed by atoms with Gasteiger partial charge in [-0.1, -0.05) is 22.0 Å². The molecule has 0 saturated carbocycles. The number of hydrogen-bond acceptors (Lipinski definition) is 2. The van der Waals surface area contributed by atoms with E-state index in [-0.39, 0.29) is 5.82 Å². The smallest absolute Gasteiger partial charge is 0.126 e. The van der Waals surface area contributed by atoms with Crippen molar-refractivity contribution < 1.29 is 4.39 Å². The van der Waals surface area contributed by atoms with E-state index >= 15 is 0 Å². The largest absolute Gasteiger partial charge is 0.383 e. The number of benzene rings is 1. The third kappa shape index (κ3) is 2.39. The van der Waals surface area contributed by atoms with Crippen LogP contribution in [0.3, 0.4) is 0 Å². The van der Waals surface area contributed by atoms with Gasteiger partial charge in [-0.2, -0.15) is 0 Å². The van der Waals surface area contributed by atoms with Gasteiger partial charge in [0.25, 0.3) is 0 Å². The molecule has 0 spiro atoms. The van der Waals surface area contributed by atoms with Crippen molar-refractivity contribution in [1.82, 2.24) is 4.98 Å². The Hall–Kier alpha value is -1.42. The minimum atomic E-state index is -0.249. The number of aromatic nitrogens is 1. The number of anilines is 1. The third-order valence-electron chi connectivity index (χ3n) is 2.31. The van der Waals surface area contributed by atoms with Crippen LogP contribution in [-0.4, -0.2) is 4.98 Å². The average molecular weight is 281 g/mol. The molecular formula is C12H10BrFN2. The van der Waals surface area contributed by atoms with Crippen LogP contribution < -0.4 is 5.73 Å². The van der Waals surface area contributed by atoms with Gasteiger partial charge in [0.15, 0.2) is 0 Å². The Morgan fingerprint density at radius 3 is 2.81 bits per heavy atom. The first kappa shape index (κ1) is 11.1. The SMILES string of the molecule is Nc1ncccc1Cc1cc(F)ccc1Br. The normalized spacial score (nSPS) is 10.4. The Kier molecular flexibility index (Phi) is 3.19. The number of hydrogen-bond donors (Lipinski definition) is 1. The number of nitrogens with two attached hydrogens (primary N) is 1. The number of nitrogens with zero attached hydrogens (tertiary/aromatic N) is 1. The fourth-order valence-corrected chi connectivity index (χ4v) is 1.87. The van der Waals surface area contributed by atoms with Gasteiger partial charge in [0, 0.05) is 17.1 Å². The molecule has 0 aliphatic rings. The fourth-order valence-electron chi connectivity index (χ4n) is 1.48. The molecule has 1 aromatic carbocycles. The first-order chi connectivity index (χ1) is 7.66. The second-order valence-electron chi connectivity index (χ2n) is 3.46. The maximum atomic E-state index is 13.1. The maximum absolute atomic E-state index is 13.1. The Morgan fingerprint density at radius 2 is 2.06 bits per heavy atom. The van der Waals surface area contributed by atoms with Crippen molar-refractivity contribution in [3.63, 3.8) is 0 Å². The van der Waals surface area contributed by atoms with E-state index in [2.05, 4.69) is 20.9 Å². The van der Waals surface area contributed by atoms with Gasteiger partial charge in [0.1, 0.15) is 11.6 Å². The van der Waals surface area contributed by atoms with Gasteiger partial charge in [-0.05, 0) is 35.4 Å². The quantitative estimate of drug-likeness (QED) is 0.918. The summed E-state index contributed by atoms with van der Waals surface area (Å²) in [5.41, 5.74) is 7.49. The molecule has 82 valence electrons. The highest BCUT2D eigenvalue weighted by molar-refractivity contribution is 9.10. The molecule has 2 nitrogen and oxygen atoms in total. The summed E-state index contributed by atoms with van der Waals surface area (Å²) in [6.45, 7) is 0. The van der Waals surface area contributed by atoms with Crippen molar-refractivity contribution in [2.75, 3.05) is 5.73 Å². The van der Waals surface area contributed by atoms with Crippen LogP contribution in [0.2, 0.25) is 0 Å². The number of nitrogen functional groups attached to an aromatic ring is 1. The molecule has 0 radical (unpaired) electrons.